The van der Waals surface area contributed by atoms with Gasteiger partial charge in [-0.1, -0.05) is 41.9 Å². The van der Waals surface area contributed by atoms with Crippen LogP contribution in [0, 0.1) is 0 Å². The summed E-state index contributed by atoms with van der Waals surface area (Å²) >= 11 is 5.83. The van der Waals surface area contributed by atoms with Crippen LogP contribution in [-0.2, 0) is 22.6 Å². The van der Waals surface area contributed by atoms with Crippen molar-refractivity contribution in [1.29, 1.82) is 0 Å². The van der Waals surface area contributed by atoms with Crippen LogP contribution in [-0.4, -0.2) is 17.9 Å². The number of carbonyl (C=O) groups is 2. The van der Waals surface area contributed by atoms with E-state index in [0.717, 1.165) is 23.2 Å². The van der Waals surface area contributed by atoms with Crippen LogP contribution < -0.4 is 10.2 Å². The van der Waals surface area contributed by atoms with Gasteiger partial charge in [0.2, 0.25) is 11.8 Å². The Kier molecular flexibility index (Phi) is 4.86. The Labute approximate surface area is 146 Å². The van der Waals surface area contributed by atoms with Crippen molar-refractivity contribution < 1.29 is 9.59 Å². The lowest BCUT2D eigenvalue weighted by molar-refractivity contribution is -0.128. The van der Waals surface area contributed by atoms with Gasteiger partial charge >= 0.3 is 0 Å². The molecule has 2 aromatic carbocycles. The molecule has 0 spiro atoms. The molecule has 1 aliphatic heterocycles. The van der Waals surface area contributed by atoms with Gasteiger partial charge in [0.15, 0.2) is 0 Å². The smallest absolute Gasteiger partial charge is 0.236 e. The van der Waals surface area contributed by atoms with Crippen molar-refractivity contribution in [2.45, 2.75) is 32.4 Å². The standard InChI is InChI=1S/C19H19ClN2O2/c1-13-10-15-4-2-3-5-17(15)22(13)19(24)11-18(23)21-12-14-6-8-16(20)9-7-14/h2-9,13H,10-12H2,1H3,(H,21,23). The zero-order chi connectivity index (χ0) is 17.1. The Hall–Kier alpha value is -2.33. The number of amides is 2. The summed E-state index contributed by atoms with van der Waals surface area (Å²) in [4.78, 5) is 26.4. The van der Waals surface area contributed by atoms with E-state index >= 15 is 0 Å². The van der Waals surface area contributed by atoms with E-state index in [1.54, 1.807) is 17.0 Å². The van der Waals surface area contributed by atoms with Crippen LogP contribution >= 0.6 is 11.6 Å². The predicted octanol–water partition coefficient (Wildman–Crippen LogP) is 3.32. The molecule has 1 atom stereocenters. The second-order valence-electron chi connectivity index (χ2n) is 6.03. The van der Waals surface area contributed by atoms with Crippen molar-refractivity contribution in [3.63, 3.8) is 0 Å². The number of carbonyl (C=O) groups excluding carboxylic acids is 2. The molecular weight excluding hydrogens is 324 g/mol. The van der Waals surface area contributed by atoms with Crippen LogP contribution in [0.4, 0.5) is 5.69 Å². The summed E-state index contributed by atoms with van der Waals surface area (Å²) in [5, 5.41) is 3.44. The van der Waals surface area contributed by atoms with Gasteiger partial charge in [0, 0.05) is 23.3 Å². The molecule has 24 heavy (non-hydrogen) atoms. The second kappa shape index (κ2) is 7.05. The molecule has 1 heterocycles. The average molecular weight is 343 g/mol. The summed E-state index contributed by atoms with van der Waals surface area (Å²) < 4.78 is 0. The highest BCUT2D eigenvalue weighted by Crippen LogP contribution is 2.32. The molecule has 3 rings (SSSR count). The fraction of sp³-hybridized carbons (Fsp3) is 0.263. The van der Waals surface area contributed by atoms with E-state index in [2.05, 4.69) is 5.32 Å². The third-order valence-corrected chi connectivity index (χ3v) is 4.44. The number of rotatable bonds is 4. The Morgan fingerprint density at radius 2 is 1.88 bits per heavy atom. The van der Waals surface area contributed by atoms with Crippen molar-refractivity contribution in [1.82, 2.24) is 5.32 Å². The molecule has 4 nitrogen and oxygen atoms in total. The number of hydrogen-bond donors (Lipinski definition) is 1. The van der Waals surface area contributed by atoms with Crippen LogP contribution in [0.3, 0.4) is 0 Å². The fourth-order valence-corrected chi connectivity index (χ4v) is 3.16. The first-order valence-electron chi connectivity index (χ1n) is 7.95. The Bertz CT molecular complexity index is 758. The molecule has 0 aromatic heterocycles. The molecule has 1 aliphatic rings. The highest BCUT2D eigenvalue weighted by atomic mass is 35.5. The first kappa shape index (κ1) is 16.5. The second-order valence-corrected chi connectivity index (χ2v) is 6.46. The minimum Gasteiger partial charge on any atom is -0.352 e. The molecule has 0 radical (unpaired) electrons. The summed E-state index contributed by atoms with van der Waals surface area (Å²) in [6.45, 7) is 2.39. The van der Waals surface area contributed by atoms with E-state index in [0.29, 0.717) is 11.6 Å². The summed E-state index contributed by atoms with van der Waals surface area (Å²) in [6.07, 6.45) is 0.681. The molecule has 2 aromatic rings. The van der Waals surface area contributed by atoms with Crippen LogP contribution in [0.1, 0.15) is 24.5 Å². The first-order valence-corrected chi connectivity index (χ1v) is 8.33. The number of para-hydroxylation sites is 1. The third-order valence-electron chi connectivity index (χ3n) is 4.19. The van der Waals surface area contributed by atoms with Gasteiger partial charge in [0.1, 0.15) is 6.42 Å². The number of halogens is 1. The molecule has 2 amide bonds. The molecule has 1 N–H and O–H groups in total. The zero-order valence-corrected chi connectivity index (χ0v) is 14.2. The van der Waals surface area contributed by atoms with Crippen molar-refractivity contribution in [3.8, 4) is 0 Å². The van der Waals surface area contributed by atoms with E-state index < -0.39 is 0 Å². The molecule has 124 valence electrons. The highest BCUT2D eigenvalue weighted by Gasteiger charge is 2.31. The zero-order valence-electron chi connectivity index (χ0n) is 13.5. The summed E-state index contributed by atoms with van der Waals surface area (Å²) in [5.41, 5.74) is 3.01. The maximum Gasteiger partial charge on any atom is 0.236 e. The highest BCUT2D eigenvalue weighted by molar-refractivity contribution is 6.30. The maximum atomic E-state index is 12.5. The Morgan fingerprint density at radius 1 is 1.17 bits per heavy atom. The molecule has 0 aliphatic carbocycles. The SMILES string of the molecule is CC1Cc2ccccc2N1C(=O)CC(=O)NCc1ccc(Cl)cc1. The number of nitrogens with zero attached hydrogens (tertiary/aromatic N) is 1. The van der Waals surface area contributed by atoms with Crippen LogP contribution in [0.15, 0.2) is 48.5 Å². The Balaban J connectivity index is 1.58. The maximum absolute atomic E-state index is 12.5. The molecule has 1 unspecified atom stereocenters. The minimum absolute atomic E-state index is 0.0824. The lowest BCUT2D eigenvalue weighted by Gasteiger charge is -2.22. The van der Waals surface area contributed by atoms with Gasteiger partial charge in [-0.15, -0.1) is 0 Å². The quantitative estimate of drug-likeness (QED) is 0.866. The van der Waals surface area contributed by atoms with E-state index in [1.165, 1.54) is 0 Å². The van der Waals surface area contributed by atoms with Gasteiger partial charge in [-0.25, -0.2) is 0 Å². The van der Waals surface area contributed by atoms with E-state index in [4.69, 9.17) is 11.6 Å². The van der Waals surface area contributed by atoms with Crippen molar-refractivity contribution >= 4 is 29.1 Å². The molecule has 0 bridgehead atoms. The molecule has 0 fully saturated rings. The lowest BCUT2D eigenvalue weighted by Crippen LogP contribution is -2.39. The van der Waals surface area contributed by atoms with Gasteiger partial charge in [-0.3, -0.25) is 9.59 Å². The van der Waals surface area contributed by atoms with Gasteiger partial charge in [0.05, 0.1) is 0 Å². The number of hydrogen-bond acceptors (Lipinski definition) is 2. The van der Waals surface area contributed by atoms with Crippen molar-refractivity contribution in [3.05, 3.63) is 64.7 Å². The van der Waals surface area contributed by atoms with E-state index in [-0.39, 0.29) is 24.3 Å². The van der Waals surface area contributed by atoms with Gasteiger partial charge < -0.3 is 10.2 Å². The number of fused-ring (bicyclic) bond motifs is 1. The average Bonchev–Trinajstić information content (AvgIpc) is 2.90. The van der Waals surface area contributed by atoms with Gasteiger partial charge in [-0.05, 0) is 42.7 Å². The van der Waals surface area contributed by atoms with Crippen molar-refractivity contribution in [2.75, 3.05) is 4.90 Å². The van der Waals surface area contributed by atoms with E-state index in [1.807, 2.05) is 43.3 Å². The number of benzene rings is 2. The van der Waals surface area contributed by atoms with Crippen LogP contribution in [0.2, 0.25) is 5.02 Å². The predicted molar refractivity (Wildman–Crippen MR) is 95.0 cm³/mol. The fourth-order valence-electron chi connectivity index (χ4n) is 3.03. The summed E-state index contributed by atoms with van der Waals surface area (Å²) in [7, 11) is 0. The van der Waals surface area contributed by atoms with Crippen LogP contribution in [0.5, 0.6) is 0 Å². The Morgan fingerprint density at radius 3 is 2.62 bits per heavy atom. The summed E-state index contributed by atoms with van der Waals surface area (Å²) in [6, 6.07) is 15.2. The van der Waals surface area contributed by atoms with Gasteiger partial charge in [-0.2, -0.15) is 0 Å². The van der Waals surface area contributed by atoms with Gasteiger partial charge in [0.25, 0.3) is 0 Å². The van der Waals surface area contributed by atoms with E-state index in [9.17, 15) is 9.59 Å². The molecule has 0 saturated carbocycles. The molecule has 0 saturated heterocycles. The lowest BCUT2D eigenvalue weighted by atomic mass is 10.1. The summed E-state index contributed by atoms with van der Waals surface area (Å²) in [5.74, 6) is -0.437. The minimum atomic E-state index is -0.272. The first-order chi connectivity index (χ1) is 11.5. The number of nitrogens with one attached hydrogen (secondary N) is 1. The largest absolute Gasteiger partial charge is 0.352 e. The normalized spacial score (nSPS) is 15.9. The van der Waals surface area contributed by atoms with Crippen molar-refractivity contribution in [2.24, 2.45) is 0 Å². The third kappa shape index (κ3) is 3.60. The van der Waals surface area contributed by atoms with Crippen LogP contribution in [0.25, 0.3) is 0 Å². The topological polar surface area (TPSA) is 49.4 Å². The monoisotopic (exact) mass is 342 g/mol. The molecular formula is C19H19ClN2O2. The molecule has 5 heteroatoms. The number of anilines is 1.